The van der Waals surface area contributed by atoms with Gasteiger partial charge in [-0.3, -0.25) is 4.79 Å². The lowest BCUT2D eigenvalue weighted by Gasteiger charge is -2.25. The van der Waals surface area contributed by atoms with Gasteiger partial charge < -0.3 is 14.6 Å². The highest BCUT2D eigenvalue weighted by atomic mass is 35.5. The molecule has 2 heterocycles. The standard InChI is InChI=1S/C20H23ClFN3O3/c1-10-17-13(7-15(20(27)28)19(26)25(17)14-3-4-14)8-16(22)18(10)24-6-5-12(9-24)11(2)23-21/h7-8,11-12,14,23H,3-6,9H2,1-2H3,(H,27,28)/t11-,12+/m0/s1. The number of nitrogens with zero attached hydrogens (tertiary/aromatic N) is 2. The summed E-state index contributed by atoms with van der Waals surface area (Å²) in [6.07, 6.45) is 2.55. The molecule has 1 aliphatic heterocycles. The first-order valence-electron chi connectivity index (χ1n) is 9.56. The fraction of sp³-hybridized carbons (Fsp3) is 0.500. The summed E-state index contributed by atoms with van der Waals surface area (Å²) in [6, 6.07) is 2.75. The smallest absolute Gasteiger partial charge is 0.341 e. The van der Waals surface area contributed by atoms with Crippen LogP contribution >= 0.6 is 11.8 Å². The topological polar surface area (TPSA) is 74.6 Å². The molecular formula is C20H23ClFN3O3. The van der Waals surface area contributed by atoms with Gasteiger partial charge in [0.25, 0.3) is 5.56 Å². The Labute approximate surface area is 167 Å². The number of pyridine rings is 1. The minimum absolute atomic E-state index is 0.0156. The van der Waals surface area contributed by atoms with Gasteiger partial charge in [-0.1, -0.05) is 0 Å². The number of hydrogen-bond acceptors (Lipinski definition) is 4. The maximum Gasteiger partial charge on any atom is 0.341 e. The van der Waals surface area contributed by atoms with E-state index in [-0.39, 0.29) is 17.6 Å². The molecule has 1 saturated heterocycles. The summed E-state index contributed by atoms with van der Waals surface area (Å²) in [6.45, 7) is 5.20. The fourth-order valence-corrected chi connectivity index (χ4v) is 4.55. The number of halogens is 2. The summed E-state index contributed by atoms with van der Waals surface area (Å²) in [7, 11) is 0. The molecule has 6 nitrogen and oxygen atoms in total. The van der Waals surface area contributed by atoms with E-state index in [1.54, 1.807) is 4.57 Å². The molecular weight excluding hydrogens is 385 g/mol. The Bertz CT molecular complexity index is 1020. The van der Waals surface area contributed by atoms with Gasteiger partial charge in [-0.25, -0.2) is 14.0 Å². The van der Waals surface area contributed by atoms with Gasteiger partial charge in [0.15, 0.2) is 0 Å². The number of aromatic nitrogens is 1. The first-order valence-corrected chi connectivity index (χ1v) is 9.94. The van der Waals surface area contributed by atoms with E-state index in [9.17, 15) is 14.7 Å². The average molecular weight is 408 g/mol. The normalized spacial score (nSPS) is 20.7. The molecule has 0 radical (unpaired) electrons. The Balaban J connectivity index is 1.89. The number of carbonyl (C=O) groups is 1. The SMILES string of the molecule is Cc1c(N2CC[C@@H]([C@H](C)NCl)C2)c(F)cc2cc(C(=O)O)c(=O)n(C3CC3)c12. The van der Waals surface area contributed by atoms with Crippen LogP contribution in [0.15, 0.2) is 16.9 Å². The van der Waals surface area contributed by atoms with Gasteiger partial charge in [0.2, 0.25) is 0 Å². The van der Waals surface area contributed by atoms with Gasteiger partial charge >= 0.3 is 5.97 Å². The summed E-state index contributed by atoms with van der Waals surface area (Å²) in [5.74, 6) is -1.38. The predicted molar refractivity (Wildman–Crippen MR) is 107 cm³/mol. The van der Waals surface area contributed by atoms with E-state index in [1.165, 1.54) is 12.1 Å². The van der Waals surface area contributed by atoms with Crippen LogP contribution in [0.2, 0.25) is 0 Å². The molecule has 0 unspecified atom stereocenters. The molecule has 1 aliphatic carbocycles. The Hall–Kier alpha value is -2.12. The maximum atomic E-state index is 15.1. The van der Waals surface area contributed by atoms with Gasteiger partial charge in [-0.15, -0.1) is 0 Å². The second kappa shape index (κ2) is 7.04. The van der Waals surface area contributed by atoms with Crippen LogP contribution in [-0.2, 0) is 0 Å². The van der Waals surface area contributed by atoms with E-state index >= 15 is 4.39 Å². The number of fused-ring (bicyclic) bond motifs is 1. The van der Waals surface area contributed by atoms with E-state index in [1.807, 2.05) is 18.7 Å². The third-order valence-corrected chi connectivity index (χ3v) is 6.39. The molecule has 1 saturated carbocycles. The highest BCUT2D eigenvalue weighted by Gasteiger charge is 2.33. The van der Waals surface area contributed by atoms with Crippen LogP contribution in [0.1, 0.15) is 48.1 Å². The second-order valence-corrected chi connectivity index (χ2v) is 8.15. The molecule has 2 fully saturated rings. The monoisotopic (exact) mass is 407 g/mol. The van der Waals surface area contributed by atoms with Crippen molar-refractivity contribution in [2.45, 2.75) is 45.2 Å². The minimum atomic E-state index is -1.28. The summed E-state index contributed by atoms with van der Waals surface area (Å²) in [5.41, 5.74) is 0.995. The van der Waals surface area contributed by atoms with Crippen molar-refractivity contribution in [1.82, 2.24) is 9.40 Å². The third kappa shape index (κ3) is 3.06. The zero-order valence-electron chi connectivity index (χ0n) is 15.8. The molecule has 28 heavy (non-hydrogen) atoms. The van der Waals surface area contributed by atoms with Crippen LogP contribution in [0.3, 0.4) is 0 Å². The number of carboxylic acid groups (broad SMARTS) is 1. The second-order valence-electron chi connectivity index (χ2n) is 7.93. The van der Waals surface area contributed by atoms with Crippen molar-refractivity contribution in [3.63, 3.8) is 0 Å². The average Bonchev–Trinajstić information content (AvgIpc) is 3.37. The number of nitrogens with one attached hydrogen (secondary N) is 1. The lowest BCUT2D eigenvalue weighted by molar-refractivity contribution is 0.0694. The fourth-order valence-electron chi connectivity index (χ4n) is 4.37. The van der Waals surface area contributed by atoms with Gasteiger partial charge in [-0.05, 0) is 68.5 Å². The molecule has 1 aromatic carbocycles. The first kappa shape index (κ1) is 19.2. The summed E-state index contributed by atoms with van der Waals surface area (Å²) >= 11 is 5.76. The molecule has 1 aromatic heterocycles. The zero-order valence-corrected chi connectivity index (χ0v) is 16.6. The van der Waals surface area contributed by atoms with E-state index in [4.69, 9.17) is 11.8 Å². The molecule has 0 bridgehead atoms. The van der Waals surface area contributed by atoms with E-state index < -0.39 is 17.3 Å². The van der Waals surface area contributed by atoms with Crippen LogP contribution in [-0.4, -0.2) is 34.8 Å². The van der Waals surface area contributed by atoms with Crippen LogP contribution in [0, 0.1) is 18.7 Å². The largest absolute Gasteiger partial charge is 0.477 e. The molecule has 2 N–H and O–H groups in total. The van der Waals surface area contributed by atoms with E-state index in [2.05, 4.69) is 4.84 Å². The van der Waals surface area contributed by atoms with E-state index in [0.29, 0.717) is 41.2 Å². The molecule has 2 aromatic rings. The van der Waals surface area contributed by atoms with Crippen LogP contribution < -0.4 is 15.3 Å². The minimum Gasteiger partial charge on any atom is -0.477 e. The number of aromatic carboxylic acids is 1. The quantitative estimate of drug-likeness (QED) is 0.743. The molecule has 8 heteroatoms. The number of hydrogen-bond donors (Lipinski definition) is 2. The van der Waals surface area contributed by atoms with Crippen molar-refractivity contribution in [3.05, 3.63) is 39.4 Å². The maximum absolute atomic E-state index is 15.1. The van der Waals surface area contributed by atoms with Crippen molar-refractivity contribution >= 4 is 34.3 Å². The first-order chi connectivity index (χ1) is 13.3. The van der Waals surface area contributed by atoms with Crippen molar-refractivity contribution in [1.29, 1.82) is 0 Å². The molecule has 2 aliphatic rings. The highest BCUT2D eigenvalue weighted by molar-refractivity contribution is 6.13. The number of aryl methyl sites for hydroxylation is 1. The van der Waals surface area contributed by atoms with Crippen molar-refractivity contribution < 1.29 is 14.3 Å². The summed E-state index contributed by atoms with van der Waals surface area (Å²) < 4.78 is 16.7. The summed E-state index contributed by atoms with van der Waals surface area (Å²) in [4.78, 5) is 29.1. The Morgan fingerprint density at radius 1 is 1.36 bits per heavy atom. The lowest BCUT2D eigenvalue weighted by atomic mass is 10.0. The summed E-state index contributed by atoms with van der Waals surface area (Å²) in [5, 5.41) is 9.84. The van der Waals surface area contributed by atoms with Crippen molar-refractivity contribution in [2.24, 2.45) is 5.92 Å². The number of carboxylic acids is 1. The Morgan fingerprint density at radius 3 is 2.68 bits per heavy atom. The Kier molecular flexibility index (Phi) is 4.83. The molecule has 150 valence electrons. The van der Waals surface area contributed by atoms with Gasteiger partial charge in [0, 0.05) is 30.6 Å². The molecule has 4 rings (SSSR count). The van der Waals surface area contributed by atoms with Gasteiger partial charge in [0.1, 0.15) is 11.4 Å². The van der Waals surface area contributed by atoms with Crippen LogP contribution in [0.5, 0.6) is 0 Å². The van der Waals surface area contributed by atoms with Crippen LogP contribution in [0.25, 0.3) is 10.9 Å². The molecule has 0 amide bonds. The number of anilines is 1. The van der Waals surface area contributed by atoms with Crippen molar-refractivity contribution in [3.8, 4) is 0 Å². The molecule has 2 atom stereocenters. The van der Waals surface area contributed by atoms with Gasteiger partial charge in [0.05, 0.1) is 11.2 Å². The molecule has 0 spiro atoms. The van der Waals surface area contributed by atoms with E-state index in [0.717, 1.165) is 19.3 Å². The van der Waals surface area contributed by atoms with Crippen molar-refractivity contribution in [2.75, 3.05) is 18.0 Å². The zero-order chi connectivity index (χ0) is 20.2. The lowest BCUT2D eigenvalue weighted by Crippen LogP contribution is -2.31. The van der Waals surface area contributed by atoms with Crippen LogP contribution in [0.4, 0.5) is 10.1 Å². The highest BCUT2D eigenvalue weighted by Crippen LogP contribution is 2.40. The Morgan fingerprint density at radius 2 is 2.07 bits per heavy atom. The predicted octanol–water partition coefficient (Wildman–Crippen LogP) is 3.44. The third-order valence-electron chi connectivity index (χ3n) is 6.04. The van der Waals surface area contributed by atoms with Gasteiger partial charge in [-0.2, -0.15) is 0 Å². The number of benzene rings is 1. The number of rotatable bonds is 5.